The Hall–Kier alpha value is -2.99. The molecule has 2 aromatic carbocycles. The molecule has 1 saturated heterocycles. The van der Waals surface area contributed by atoms with Crippen molar-refractivity contribution in [2.45, 2.75) is 25.8 Å². The lowest BCUT2D eigenvalue weighted by molar-refractivity contribution is -0.133. The number of rotatable bonds is 6. The Morgan fingerprint density at radius 2 is 1.69 bits per heavy atom. The highest BCUT2D eigenvalue weighted by Crippen LogP contribution is 2.24. The van der Waals surface area contributed by atoms with Gasteiger partial charge in [-0.15, -0.1) is 0 Å². The highest BCUT2D eigenvalue weighted by molar-refractivity contribution is 6.02. The van der Waals surface area contributed by atoms with Crippen molar-refractivity contribution in [3.8, 4) is 0 Å². The predicted octanol–water partition coefficient (Wildman–Crippen LogP) is 2.49. The molecule has 2 amide bonds. The summed E-state index contributed by atoms with van der Waals surface area (Å²) >= 11 is 0. The molecule has 2 aliphatic heterocycles. The van der Waals surface area contributed by atoms with Crippen LogP contribution >= 0.6 is 0 Å². The van der Waals surface area contributed by atoms with E-state index in [1.807, 2.05) is 23.1 Å². The molecule has 0 aromatic heterocycles. The zero-order valence-corrected chi connectivity index (χ0v) is 16.4. The van der Waals surface area contributed by atoms with Gasteiger partial charge in [0.15, 0.2) is 5.78 Å². The maximum atomic E-state index is 12.5. The Bertz CT molecular complexity index is 918. The van der Waals surface area contributed by atoms with Crippen LogP contribution < -0.4 is 5.32 Å². The zero-order valence-electron chi connectivity index (χ0n) is 16.4. The lowest BCUT2D eigenvalue weighted by atomic mass is 10.0. The van der Waals surface area contributed by atoms with Crippen molar-refractivity contribution < 1.29 is 14.4 Å². The van der Waals surface area contributed by atoms with E-state index in [1.54, 1.807) is 18.2 Å². The van der Waals surface area contributed by atoms with Gasteiger partial charge in [0.05, 0.1) is 6.42 Å². The van der Waals surface area contributed by atoms with E-state index in [0.717, 1.165) is 30.9 Å². The van der Waals surface area contributed by atoms with E-state index < -0.39 is 0 Å². The fraction of sp³-hybridized carbons (Fsp3) is 0.348. The molecule has 29 heavy (non-hydrogen) atoms. The summed E-state index contributed by atoms with van der Waals surface area (Å²) in [5.74, 6) is -0.0647. The average Bonchev–Trinajstić information content (AvgIpc) is 3.12. The number of ketones is 1. The number of hydrogen-bond donors (Lipinski definition) is 1. The van der Waals surface area contributed by atoms with E-state index >= 15 is 0 Å². The normalized spacial score (nSPS) is 16.4. The van der Waals surface area contributed by atoms with Crippen molar-refractivity contribution in [1.29, 1.82) is 0 Å². The van der Waals surface area contributed by atoms with Gasteiger partial charge in [-0.05, 0) is 29.3 Å². The Balaban J connectivity index is 1.24. The van der Waals surface area contributed by atoms with Gasteiger partial charge >= 0.3 is 0 Å². The molecule has 2 heterocycles. The molecular weight excluding hydrogens is 366 g/mol. The van der Waals surface area contributed by atoms with Gasteiger partial charge in [0.2, 0.25) is 11.8 Å². The van der Waals surface area contributed by atoms with Gasteiger partial charge in [-0.25, -0.2) is 0 Å². The molecule has 4 rings (SSSR count). The largest absolute Gasteiger partial charge is 0.340 e. The number of hydrogen-bond acceptors (Lipinski definition) is 4. The van der Waals surface area contributed by atoms with Crippen LogP contribution in [0, 0.1) is 0 Å². The van der Waals surface area contributed by atoms with Crippen molar-refractivity contribution >= 4 is 23.3 Å². The van der Waals surface area contributed by atoms with Crippen LogP contribution in [0.1, 0.15) is 34.3 Å². The summed E-state index contributed by atoms with van der Waals surface area (Å²) in [5, 5.41) is 2.76. The minimum absolute atomic E-state index is 0.0377. The van der Waals surface area contributed by atoms with Gasteiger partial charge in [0, 0.05) is 56.8 Å². The van der Waals surface area contributed by atoms with Gasteiger partial charge < -0.3 is 10.2 Å². The number of amides is 2. The van der Waals surface area contributed by atoms with Crippen molar-refractivity contribution in [2.75, 3.05) is 31.5 Å². The van der Waals surface area contributed by atoms with E-state index in [2.05, 4.69) is 22.3 Å². The first-order valence-corrected chi connectivity index (χ1v) is 10.1. The van der Waals surface area contributed by atoms with Crippen molar-refractivity contribution in [2.24, 2.45) is 0 Å². The monoisotopic (exact) mass is 391 g/mol. The third-order valence-electron chi connectivity index (χ3n) is 5.59. The number of benzene rings is 2. The highest BCUT2D eigenvalue weighted by atomic mass is 16.2. The molecule has 2 aromatic rings. The van der Waals surface area contributed by atoms with Crippen LogP contribution in [0.15, 0.2) is 48.5 Å². The van der Waals surface area contributed by atoms with Gasteiger partial charge in [0.25, 0.3) is 0 Å². The van der Waals surface area contributed by atoms with Crippen LogP contribution in [0.3, 0.4) is 0 Å². The van der Waals surface area contributed by atoms with Crippen molar-refractivity contribution in [3.05, 3.63) is 65.2 Å². The van der Waals surface area contributed by atoms with Crippen LogP contribution in [0.25, 0.3) is 0 Å². The first-order valence-electron chi connectivity index (χ1n) is 10.1. The molecular formula is C23H25N3O3. The number of nitrogens with zero attached hydrogens (tertiary/aromatic N) is 2. The van der Waals surface area contributed by atoms with Crippen molar-refractivity contribution in [1.82, 2.24) is 9.80 Å². The van der Waals surface area contributed by atoms with E-state index in [4.69, 9.17) is 0 Å². The fourth-order valence-corrected chi connectivity index (χ4v) is 3.92. The van der Waals surface area contributed by atoms with Crippen LogP contribution in [-0.2, 0) is 22.6 Å². The second-order valence-electron chi connectivity index (χ2n) is 7.66. The predicted molar refractivity (Wildman–Crippen MR) is 111 cm³/mol. The van der Waals surface area contributed by atoms with Crippen LogP contribution in [0.4, 0.5) is 5.69 Å². The SMILES string of the molecule is O=C1Cc2cc(C(=O)CCC(=O)N3CCN(Cc4ccccc4)CC3)ccc2N1. The van der Waals surface area contributed by atoms with Gasteiger partial charge in [-0.1, -0.05) is 30.3 Å². The fourth-order valence-electron chi connectivity index (χ4n) is 3.92. The first-order chi connectivity index (χ1) is 14.1. The maximum absolute atomic E-state index is 12.5. The number of carbonyl (C=O) groups is 3. The number of nitrogens with one attached hydrogen (secondary N) is 1. The summed E-state index contributed by atoms with van der Waals surface area (Å²) in [6.45, 7) is 4.00. The second-order valence-corrected chi connectivity index (χ2v) is 7.66. The van der Waals surface area contributed by atoms with Crippen LogP contribution in [-0.4, -0.2) is 53.6 Å². The highest BCUT2D eigenvalue weighted by Gasteiger charge is 2.23. The van der Waals surface area contributed by atoms with Gasteiger partial charge in [-0.3, -0.25) is 19.3 Å². The molecule has 150 valence electrons. The minimum Gasteiger partial charge on any atom is -0.340 e. The topological polar surface area (TPSA) is 69.7 Å². The van der Waals surface area contributed by atoms with Crippen molar-refractivity contribution in [3.63, 3.8) is 0 Å². The molecule has 0 aliphatic carbocycles. The van der Waals surface area contributed by atoms with E-state index in [0.29, 0.717) is 25.1 Å². The average molecular weight is 391 g/mol. The smallest absolute Gasteiger partial charge is 0.228 e. The molecule has 0 saturated carbocycles. The van der Waals surface area contributed by atoms with E-state index in [1.165, 1.54) is 5.56 Å². The quantitative estimate of drug-likeness (QED) is 0.768. The summed E-state index contributed by atoms with van der Waals surface area (Å²) < 4.78 is 0. The molecule has 0 radical (unpaired) electrons. The Kier molecular flexibility index (Phi) is 5.71. The molecule has 0 bridgehead atoms. The Morgan fingerprint density at radius 1 is 0.931 bits per heavy atom. The summed E-state index contributed by atoms with van der Waals surface area (Å²) in [6, 6.07) is 15.6. The minimum atomic E-state index is -0.0526. The molecule has 6 nitrogen and oxygen atoms in total. The molecule has 1 fully saturated rings. The maximum Gasteiger partial charge on any atom is 0.228 e. The summed E-state index contributed by atoms with van der Waals surface area (Å²) in [6.07, 6.45) is 0.734. The van der Waals surface area contributed by atoms with E-state index in [9.17, 15) is 14.4 Å². The Labute approximate surface area is 170 Å². The standard InChI is InChI=1S/C23H25N3O3/c27-21(18-6-7-20-19(14-18)15-22(28)24-20)8-9-23(29)26-12-10-25(11-13-26)16-17-4-2-1-3-5-17/h1-7,14H,8-13,15-16H2,(H,24,28). The first kappa shape index (κ1) is 19.3. The molecule has 2 aliphatic rings. The third-order valence-corrected chi connectivity index (χ3v) is 5.59. The molecule has 1 N–H and O–H groups in total. The summed E-state index contributed by atoms with van der Waals surface area (Å²) in [7, 11) is 0. The molecule has 0 atom stereocenters. The van der Waals surface area contributed by atoms with Crippen LogP contribution in [0.5, 0.6) is 0 Å². The lowest BCUT2D eigenvalue weighted by Crippen LogP contribution is -2.48. The number of fused-ring (bicyclic) bond motifs is 1. The van der Waals surface area contributed by atoms with Gasteiger partial charge in [-0.2, -0.15) is 0 Å². The molecule has 0 unspecified atom stereocenters. The van der Waals surface area contributed by atoms with Gasteiger partial charge in [0.1, 0.15) is 0 Å². The Morgan fingerprint density at radius 3 is 2.45 bits per heavy atom. The lowest BCUT2D eigenvalue weighted by Gasteiger charge is -2.34. The number of carbonyl (C=O) groups excluding carboxylic acids is 3. The second kappa shape index (κ2) is 8.57. The zero-order chi connectivity index (χ0) is 20.2. The summed E-state index contributed by atoms with van der Waals surface area (Å²) in [5.41, 5.74) is 3.47. The number of piperazine rings is 1. The molecule has 6 heteroatoms. The third kappa shape index (κ3) is 4.71. The molecule has 0 spiro atoms. The number of Topliss-reactive ketones (excluding diaryl/α,β-unsaturated/α-hetero) is 1. The van der Waals surface area contributed by atoms with E-state index in [-0.39, 0.29) is 30.4 Å². The van der Waals surface area contributed by atoms with Crippen LogP contribution in [0.2, 0.25) is 0 Å². The number of anilines is 1. The summed E-state index contributed by atoms with van der Waals surface area (Å²) in [4.78, 5) is 40.7.